The van der Waals surface area contributed by atoms with E-state index >= 15 is 0 Å². The van der Waals surface area contributed by atoms with Gasteiger partial charge in [0.1, 0.15) is 10.7 Å². The molecular weight excluding hydrogens is 260 g/mol. The monoisotopic (exact) mass is 282 g/mol. The number of nitrogens with two attached hydrogens (primary N) is 1. The van der Waals surface area contributed by atoms with Gasteiger partial charge in [-0.25, -0.2) is 4.98 Å². The zero-order chi connectivity index (χ0) is 14.2. The molecule has 2 heterocycles. The number of hydrogen-bond acceptors (Lipinski definition) is 5. The van der Waals surface area contributed by atoms with E-state index in [1.807, 2.05) is 17.2 Å². The molecular formula is C13H22N4OS. The second kappa shape index (κ2) is 5.56. The van der Waals surface area contributed by atoms with Crippen LogP contribution in [0.5, 0.6) is 0 Å². The second-order valence-corrected chi connectivity index (χ2v) is 6.32. The van der Waals surface area contributed by atoms with Crippen LogP contribution in [0.3, 0.4) is 0 Å². The van der Waals surface area contributed by atoms with Gasteiger partial charge >= 0.3 is 0 Å². The van der Waals surface area contributed by atoms with Crippen molar-refractivity contribution in [2.24, 2.45) is 5.73 Å². The van der Waals surface area contributed by atoms with Gasteiger partial charge in [-0.15, -0.1) is 11.3 Å². The zero-order valence-corrected chi connectivity index (χ0v) is 12.8. The summed E-state index contributed by atoms with van der Waals surface area (Å²) in [4.78, 5) is 21.0. The predicted molar refractivity (Wildman–Crippen MR) is 77.3 cm³/mol. The fraction of sp³-hybridized carbons (Fsp3) is 0.692. The fourth-order valence-corrected chi connectivity index (χ4v) is 3.08. The van der Waals surface area contributed by atoms with E-state index in [4.69, 9.17) is 5.73 Å². The van der Waals surface area contributed by atoms with Gasteiger partial charge in [-0.05, 0) is 27.8 Å². The standard InChI is InChI=1S/C13H22N4OS/c1-8-5-17(6-9(2)16(8)4)13(18)11-7-19-12(15-11)10(3)14/h7-10H,5-6,14H2,1-4H3. The van der Waals surface area contributed by atoms with Crippen LogP contribution >= 0.6 is 11.3 Å². The van der Waals surface area contributed by atoms with Crippen LogP contribution in [-0.4, -0.2) is 52.9 Å². The summed E-state index contributed by atoms with van der Waals surface area (Å²) in [6.07, 6.45) is 0. The van der Waals surface area contributed by atoms with Crippen molar-refractivity contribution in [3.63, 3.8) is 0 Å². The molecule has 1 amide bonds. The fourth-order valence-electron chi connectivity index (χ4n) is 2.33. The predicted octanol–water partition coefficient (Wildman–Crippen LogP) is 1.33. The summed E-state index contributed by atoms with van der Waals surface area (Å²) in [5, 5.41) is 2.63. The third-order valence-corrected chi connectivity index (χ3v) is 4.82. The smallest absolute Gasteiger partial charge is 0.273 e. The van der Waals surface area contributed by atoms with Crippen LogP contribution < -0.4 is 5.73 Å². The molecule has 0 saturated carbocycles. The average Bonchev–Trinajstić information content (AvgIpc) is 2.84. The number of rotatable bonds is 2. The first-order valence-electron chi connectivity index (χ1n) is 6.62. The van der Waals surface area contributed by atoms with Crippen LogP contribution in [-0.2, 0) is 0 Å². The summed E-state index contributed by atoms with van der Waals surface area (Å²) in [6.45, 7) is 7.68. The van der Waals surface area contributed by atoms with E-state index in [0.717, 1.165) is 18.1 Å². The van der Waals surface area contributed by atoms with Gasteiger partial charge in [0, 0.05) is 30.6 Å². The summed E-state index contributed by atoms with van der Waals surface area (Å²) < 4.78 is 0. The van der Waals surface area contributed by atoms with Gasteiger partial charge in [-0.3, -0.25) is 9.69 Å². The summed E-state index contributed by atoms with van der Waals surface area (Å²) >= 11 is 1.46. The quantitative estimate of drug-likeness (QED) is 0.889. The van der Waals surface area contributed by atoms with E-state index in [0.29, 0.717) is 17.8 Å². The molecule has 0 spiro atoms. The average molecular weight is 282 g/mol. The minimum Gasteiger partial charge on any atom is -0.334 e. The van der Waals surface area contributed by atoms with E-state index in [9.17, 15) is 4.79 Å². The van der Waals surface area contributed by atoms with Gasteiger partial charge in [0.05, 0.1) is 6.04 Å². The molecule has 1 fully saturated rings. The molecule has 1 saturated heterocycles. The molecule has 1 aromatic rings. The number of likely N-dealkylation sites (N-methyl/N-ethyl adjacent to an activating group) is 1. The third-order valence-electron chi connectivity index (χ3n) is 3.78. The van der Waals surface area contributed by atoms with Gasteiger partial charge in [0.2, 0.25) is 0 Å². The lowest BCUT2D eigenvalue weighted by Gasteiger charge is -2.42. The van der Waals surface area contributed by atoms with Crippen molar-refractivity contribution >= 4 is 17.2 Å². The van der Waals surface area contributed by atoms with Crippen molar-refractivity contribution in [2.75, 3.05) is 20.1 Å². The Bertz CT molecular complexity index is 447. The number of nitrogens with zero attached hydrogens (tertiary/aromatic N) is 3. The molecule has 0 radical (unpaired) electrons. The molecule has 3 unspecified atom stereocenters. The molecule has 3 atom stereocenters. The Labute approximate surface area is 118 Å². The van der Waals surface area contributed by atoms with E-state index in [1.54, 1.807) is 0 Å². The topological polar surface area (TPSA) is 62.5 Å². The SMILES string of the molecule is CC(N)c1nc(C(=O)N2CC(C)N(C)C(C)C2)cs1. The Morgan fingerprint density at radius 1 is 1.47 bits per heavy atom. The maximum Gasteiger partial charge on any atom is 0.273 e. The van der Waals surface area contributed by atoms with E-state index < -0.39 is 0 Å². The molecule has 19 heavy (non-hydrogen) atoms. The number of thiazole rings is 1. The van der Waals surface area contributed by atoms with Crippen LogP contribution in [0.4, 0.5) is 0 Å². The molecule has 1 aliphatic heterocycles. The maximum atomic E-state index is 12.4. The largest absolute Gasteiger partial charge is 0.334 e. The van der Waals surface area contributed by atoms with Crippen LogP contribution in [0.15, 0.2) is 5.38 Å². The lowest BCUT2D eigenvalue weighted by Crippen LogP contribution is -2.56. The number of carbonyl (C=O) groups is 1. The van der Waals surface area contributed by atoms with Crippen molar-refractivity contribution in [2.45, 2.75) is 38.9 Å². The third kappa shape index (κ3) is 2.96. The number of aromatic nitrogens is 1. The van der Waals surface area contributed by atoms with Crippen molar-refractivity contribution in [1.82, 2.24) is 14.8 Å². The Balaban J connectivity index is 2.11. The molecule has 0 aliphatic carbocycles. The number of piperazine rings is 1. The summed E-state index contributed by atoms with van der Waals surface area (Å²) in [5.74, 6) is 0.0231. The molecule has 0 aromatic carbocycles. The van der Waals surface area contributed by atoms with Crippen molar-refractivity contribution in [3.8, 4) is 0 Å². The zero-order valence-electron chi connectivity index (χ0n) is 12.0. The van der Waals surface area contributed by atoms with Crippen LogP contribution in [0.25, 0.3) is 0 Å². The summed E-state index contributed by atoms with van der Waals surface area (Å²) in [6, 6.07) is 0.635. The highest BCUT2D eigenvalue weighted by Crippen LogP contribution is 2.20. The van der Waals surface area contributed by atoms with E-state index in [2.05, 4.69) is 30.8 Å². The number of carbonyl (C=O) groups excluding carboxylic acids is 1. The molecule has 2 N–H and O–H groups in total. The molecule has 106 valence electrons. The maximum absolute atomic E-state index is 12.4. The van der Waals surface area contributed by atoms with Gasteiger partial charge in [0.25, 0.3) is 5.91 Å². The lowest BCUT2D eigenvalue weighted by atomic mass is 10.1. The van der Waals surface area contributed by atoms with E-state index in [1.165, 1.54) is 11.3 Å². The van der Waals surface area contributed by atoms with E-state index in [-0.39, 0.29) is 11.9 Å². The highest BCUT2D eigenvalue weighted by Gasteiger charge is 2.30. The molecule has 6 heteroatoms. The van der Waals surface area contributed by atoms with Gasteiger partial charge < -0.3 is 10.6 Å². The Kier molecular flexibility index (Phi) is 4.23. The molecule has 0 bridgehead atoms. The summed E-state index contributed by atoms with van der Waals surface area (Å²) in [7, 11) is 2.11. The first-order valence-corrected chi connectivity index (χ1v) is 7.50. The van der Waals surface area contributed by atoms with Crippen molar-refractivity contribution in [1.29, 1.82) is 0 Å². The first kappa shape index (κ1) is 14.4. The highest BCUT2D eigenvalue weighted by molar-refractivity contribution is 7.09. The summed E-state index contributed by atoms with van der Waals surface area (Å²) in [5.41, 5.74) is 6.31. The lowest BCUT2D eigenvalue weighted by molar-refractivity contribution is 0.0410. The minimum atomic E-state index is -0.114. The normalized spacial score (nSPS) is 26.5. The molecule has 5 nitrogen and oxygen atoms in total. The van der Waals surface area contributed by atoms with Gasteiger partial charge in [-0.2, -0.15) is 0 Å². The Morgan fingerprint density at radius 3 is 2.53 bits per heavy atom. The van der Waals surface area contributed by atoms with Crippen molar-refractivity contribution in [3.05, 3.63) is 16.1 Å². The van der Waals surface area contributed by atoms with Gasteiger partial charge in [-0.1, -0.05) is 0 Å². The van der Waals surface area contributed by atoms with Crippen LogP contribution in [0.2, 0.25) is 0 Å². The van der Waals surface area contributed by atoms with Crippen LogP contribution in [0.1, 0.15) is 42.3 Å². The number of hydrogen-bond donors (Lipinski definition) is 1. The minimum absolute atomic E-state index is 0.0231. The Hall–Kier alpha value is -0.980. The van der Waals surface area contributed by atoms with Gasteiger partial charge in [0.15, 0.2) is 0 Å². The Morgan fingerprint density at radius 2 is 2.05 bits per heavy atom. The van der Waals surface area contributed by atoms with Crippen LogP contribution in [0, 0.1) is 0 Å². The number of amides is 1. The highest BCUT2D eigenvalue weighted by atomic mass is 32.1. The molecule has 1 aromatic heterocycles. The molecule has 2 rings (SSSR count). The first-order chi connectivity index (χ1) is 8.90. The van der Waals surface area contributed by atoms with Crippen molar-refractivity contribution < 1.29 is 4.79 Å². The second-order valence-electron chi connectivity index (χ2n) is 5.43. The molecule has 1 aliphatic rings.